The van der Waals surface area contributed by atoms with Crippen LogP contribution in [0.1, 0.15) is 0 Å². The lowest BCUT2D eigenvalue weighted by Crippen LogP contribution is -2.29. The summed E-state index contributed by atoms with van der Waals surface area (Å²) in [7, 11) is 0. The number of anilines is 2. The van der Waals surface area contributed by atoms with Crippen molar-refractivity contribution < 1.29 is 10.2 Å². The van der Waals surface area contributed by atoms with Gasteiger partial charge in [-0.05, 0) is 23.6 Å². The Bertz CT molecular complexity index is 555. The fourth-order valence-corrected chi connectivity index (χ4v) is 3.00. The normalized spacial score (nSPS) is 10.8. The van der Waals surface area contributed by atoms with Gasteiger partial charge < -0.3 is 20.8 Å². The van der Waals surface area contributed by atoms with Crippen LogP contribution in [-0.2, 0) is 0 Å². The molecule has 20 heavy (non-hydrogen) atoms. The number of thiophene rings is 1. The zero-order valence-corrected chi connectivity index (χ0v) is 12.5. The third-order valence-corrected chi connectivity index (χ3v) is 4.22. The van der Waals surface area contributed by atoms with Gasteiger partial charge in [0.05, 0.1) is 23.9 Å². The van der Waals surface area contributed by atoms with Crippen LogP contribution in [0.5, 0.6) is 0 Å². The van der Waals surface area contributed by atoms with Crippen molar-refractivity contribution in [2.75, 3.05) is 36.9 Å². The Kier molecular flexibility index (Phi) is 5.25. The van der Waals surface area contributed by atoms with Gasteiger partial charge in [-0.3, -0.25) is 0 Å². The molecular formula is C14H17ClN2O2S. The lowest BCUT2D eigenvalue weighted by molar-refractivity contribution is 0.281. The van der Waals surface area contributed by atoms with E-state index < -0.39 is 0 Å². The van der Waals surface area contributed by atoms with Gasteiger partial charge in [0.25, 0.3) is 0 Å². The number of hydrogen-bond acceptors (Lipinski definition) is 5. The number of aliphatic hydroxyl groups excluding tert-OH is 2. The van der Waals surface area contributed by atoms with Crippen molar-refractivity contribution in [3.63, 3.8) is 0 Å². The van der Waals surface area contributed by atoms with Crippen molar-refractivity contribution in [3.8, 4) is 10.4 Å². The third-order valence-electron chi connectivity index (χ3n) is 3.01. The van der Waals surface area contributed by atoms with E-state index in [4.69, 9.17) is 27.5 Å². The molecule has 4 nitrogen and oxygen atoms in total. The number of nitrogen functional groups attached to an aromatic ring is 1. The largest absolute Gasteiger partial charge is 0.397 e. The molecule has 0 spiro atoms. The molecule has 0 fully saturated rings. The van der Waals surface area contributed by atoms with Crippen LogP contribution in [0.3, 0.4) is 0 Å². The van der Waals surface area contributed by atoms with E-state index >= 15 is 0 Å². The number of nitrogens with zero attached hydrogens (tertiary/aromatic N) is 1. The molecule has 0 saturated heterocycles. The SMILES string of the molecule is Nc1c(Cl)cc(N(CCO)CCO)cc1-c1cccs1. The van der Waals surface area contributed by atoms with E-state index in [0.29, 0.717) is 23.8 Å². The Hall–Kier alpha value is -1.27. The van der Waals surface area contributed by atoms with Crippen LogP contribution in [0.25, 0.3) is 10.4 Å². The van der Waals surface area contributed by atoms with Gasteiger partial charge in [-0.2, -0.15) is 0 Å². The van der Waals surface area contributed by atoms with Gasteiger partial charge in [-0.15, -0.1) is 11.3 Å². The summed E-state index contributed by atoms with van der Waals surface area (Å²) in [6, 6.07) is 7.65. The summed E-state index contributed by atoms with van der Waals surface area (Å²) in [5.41, 5.74) is 8.32. The molecule has 1 aromatic carbocycles. The second kappa shape index (κ2) is 6.95. The molecule has 108 valence electrons. The van der Waals surface area contributed by atoms with Crippen LogP contribution in [0.4, 0.5) is 11.4 Å². The molecule has 0 amide bonds. The maximum absolute atomic E-state index is 9.12. The Morgan fingerprint density at radius 1 is 1.20 bits per heavy atom. The molecule has 4 N–H and O–H groups in total. The third kappa shape index (κ3) is 3.24. The van der Waals surface area contributed by atoms with E-state index in [9.17, 15) is 0 Å². The van der Waals surface area contributed by atoms with Crippen LogP contribution in [-0.4, -0.2) is 36.5 Å². The summed E-state index contributed by atoms with van der Waals surface area (Å²) in [5.74, 6) is 0. The lowest BCUT2D eigenvalue weighted by atomic mass is 10.1. The van der Waals surface area contributed by atoms with E-state index in [1.807, 2.05) is 28.5 Å². The smallest absolute Gasteiger partial charge is 0.0662 e. The quantitative estimate of drug-likeness (QED) is 0.717. The van der Waals surface area contributed by atoms with E-state index in [1.54, 1.807) is 17.4 Å². The average molecular weight is 313 g/mol. The predicted molar refractivity (Wildman–Crippen MR) is 85.6 cm³/mol. The van der Waals surface area contributed by atoms with Crippen molar-refractivity contribution in [1.29, 1.82) is 0 Å². The number of benzene rings is 1. The first-order valence-electron chi connectivity index (χ1n) is 6.27. The number of aliphatic hydroxyl groups is 2. The summed E-state index contributed by atoms with van der Waals surface area (Å²) in [4.78, 5) is 2.92. The first-order chi connectivity index (χ1) is 9.67. The van der Waals surface area contributed by atoms with E-state index in [0.717, 1.165) is 16.1 Å². The van der Waals surface area contributed by atoms with Crippen LogP contribution < -0.4 is 10.6 Å². The van der Waals surface area contributed by atoms with Crippen LogP contribution >= 0.6 is 22.9 Å². The predicted octanol–water partition coefficient (Wildman–Crippen LogP) is 2.44. The first-order valence-corrected chi connectivity index (χ1v) is 7.52. The summed E-state index contributed by atoms with van der Waals surface area (Å²) in [6.07, 6.45) is 0. The molecule has 0 saturated carbocycles. The standard InChI is InChI=1S/C14H17ClN2O2S/c15-12-9-10(17(3-5-18)4-6-19)8-11(14(12)16)13-2-1-7-20-13/h1-2,7-9,18-19H,3-6,16H2. The van der Waals surface area contributed by atoms with E-state index in [-0.39, 0.29) is 13.2 Å². The number of hydrogen-bond donors (Lipinski definition) is 3. The Labute approximate surface area is 127 Å². The van der Waals surface area contributed by atoms with Crippen molar-refractivity contribution in [1.82, 2.24) is 0 Å². The summed E-state index contributed by atoms with van der Waals surface area (Å²) in [5, 5.41) is 20.7. The highest BCUT2D eigenvalue weighted by molar-refractivity contribution is 7.13. The van der Waals surface area contributed by atoms with E-state index in [1.165, 1.54) is 0 Å². The number of nitrogens with two attached hydrogens (primary N) is 1. The Morgan fingerprint density at radius 2 is 1.90 bits per heavy atom. The minimum Gasteiger partial charge on any atom is -0.397 e. The second-order valence-electron chi connectivity index (χ2n) is 4.30. The molecule has 0 aliphatic rings. The molecular weight excluding hydrogens is 296 g/mol. The molecule has 2 aromatic rings. The van der Waals surface area contributed by atoms with Crippen molar-refractivity contribution in [3.05, 3.63) is 34.7 Å². The average Bonchev–Trinajstić information content (AvgIpc) is 2.95. The highest BCUT2D eigenvalue weighted by Gasteiger charge is 2.13. The van der Waals surface area contributed by atoms with Crippen molar-refractivity contribution >= 4 is 34.3 Å². The topological polar surface area (TPSA) is 69.7 Å². The molecule has 0 unspecified atom stereocenters. The minimum absolute atomic E-state index is 0.0102. The molecule has 0 aliphatic carbocycles. The second-order valence-corrected chi connectivity index (χ2v) is 5.66. The molecule has 1 heterocycles. The number of halogens is 1. The molecule has 0 bridgehead atoms. The Balaban J connectivity index is 2.44. The summed E-state index contributed by atoms with van der Waals surface area (Å²) in [6.45, 7) is 0.891. The maximum atomic E-state index is 9.12. The van der Waals surface area contributed by atoms with Crippen molar-refractivity contribution in [2.45, 2.75) is 0 Å². The maximum Gasteiger partial charge on any atom is 0.0662 e. The molecule has 6 heteroatoms. The van der Waals surface area contributed by atoms with E-state index in [2.05, 4.69) is 0 Å². The molecule has 0 atom stereocenters. The molecule has 0 aliphatic heterocycles. The Morgan fingerprint density at radius 3 is 2.45 bits per heavy atom. The highest BCUT2D eigenvalue weighted by atomic mass is 35.5. The van der Waals surface area contributed by atoms with Gasteiger partial charge in [-0.25, -0.2) is 0 Å². The zero-order valence-electron chi connectivity index (χ0n) is 10.9. The van der Waals surface area contributed by atoms with Gasteiger partial charge in [0, 0.05) is 29.2 Å². The minimum atomic E-state index is 0.0102. The molecule has 2 rings (SSSR count). The van der Waals surface area contributed by atoms with Crippen molar-refractivity contribution in [2.24, 2.45) is 0 Å². The monoisotopic (exact) mass is 312 g/mol. The van der Waals surface area contributed by atoms with Gasteiger partial charge in [-0.1, -0.05) is 17.7 Å². The van der Waals surface area contributed by atoms with Gasteiger partial charge >= 0.3 is 0 Å². The first kappa shape index (κ1) is 15.1. The number of rotatable bonds is 6. The van der Waals surface area contributed by atoms with Gasteiger partial charge in [0.1, 0.15) is 0 Å². The van der Waals surface area contributed by atoms with Gasteiger partial charge in [0.2, 0.25) is 0 Å². The fourth-order valence-electron chi connectivity index (χ4n) is 2.03. The van der Waals surface area contributed by atoms with Crippen LogP contribution in [0.15, 0.2) is 29.6 Å². The summed E-state index contributed by atoms with van der Waals surface area (Å²) < 4.78 is 0. The highest BCUT2D eigenvalue weighted by Crippen LogP contribution is 2.38. The van der Waals surface area contributed by atoms with Crippen LogP contribution in [0.2, 0.25) is 5.02 Å². The van der Waals surface area contributed by atoms with Crippen LogP contribution in [0, 0.1) is 0 Å². The fraction of sp³-hybridized carbons (Fsp3) is 0.286. The van der Waals surface area contributed by atoms with Gasteiger partial charge in [0.15, 0.2) is 0 Å². The zero-order chi connectivity index (χ0) is 14.5. The molecule has 1 aromatic heterocycles. The molecule has 0 radical (unpaired) electrons. The lowest BCUT2D eigenvalue weighted by Gasteiger charge is -2.24. The summed E-state index contributed by atoms with van der Waals surface area (Å²) >= 11 is 7.80.